The highest BCUT2D eigenvalue weighted by atomic mass is 16.5. The highest BCUT2D eigenvalue weighted by Crippen LogP contribution is 2.15. The summed E-state index contributed by atoms with van der Waals surface area (Å²) in [6, 6.07) is 5.72. The normalized spacial score (nSPS) is 14.4. The molecule has 0 aromatic carbocycles. The maximum atomic E-state index is 9.04. The number of nitrogens with zero attached hydrogens (tertiary/aromatic N) is 1. The van der Waals surface area contributed by atoms with Crippen LogP contribution in [0.5, 0.6) is 5.88 Å². The molecule has 0 saturated heterocycles. The molecule has 0 aliphatic heterocycles. The van der Waals surface area contributed by atoms with Crippen molar-refractivity contribution in [3.05, 3.63) is 23.9 Å². The van der Waals surface area contributed by atoms with Gasteiger partial charge in [0, 0.05) is 24.8 Å². The van der Waals surface area contributed by atoms with E-state index in [4.69, 9.17) is 9.84 Å². The van der Waals surface area contributed by atoms with Crippen molar-refractivity contribution < 1.29 is 9.84 Å². The van der Waals surface area contributed by atoms with Gasteiger partial charge >= 0.3 is 0 Å². The van der Waals surface area contributed by atoms with Crippen LogP contribution >= 0.6 is 0 Å². The minimum absolute atomic E-state index is 0.0422. The Morgan fingerprint density at radius 1 is 1.47 bits per heavy atom. The molecule has 4 nitrogen and oxygen atoms in total. The highest BCUT2D eigenvalue weighted by Gasteiger charge is 2.20. The zero-order valence-electron chi connectivity index (χ0n) is 10.9. The molecule has 0 aliphatic rings. The first-order valence-electron chi connectivity index (χ1n) is 5.99. The third-order valence-corrected chi connectivity index (χ3v) is 3.13. The van der Waals surface area contributed by atoms with E-state index < -0.39 is 0 Å². The molecule has 1 heterocycles. The molecule has 1 aromatic rings. The second-order valence-electron chi connectivity index (χ2n) is 4.41. The molecule has 0 radical (unpaired) electrons. The molecule has 0 saturated carbocycles. The average molecular weight is 238 g/mol. The first-order chi connectivity index (χ1) is 8.13. The van der Waals surface area contributed by atoms with Crippen molar-refractivity contribution in [1.82, 2.24) is 10.3 Å². The molecule has 0 amide bonds. The van der Waals surface area contributed by atoms with Crippen LogP contribution in [-0.2, 0) is 6.54 Å². The molecular formula is C13H22N2O2. The first-order valence-corrected chi connectivity index (χ1v) is 5.99. The molecule has 1 unspecified atom stereocenters. The second kappa shape index (κ2) is 6.57. The third-order valence-electron chi connectivity index (χ3n) is 3.13. The number of aliphatic hydroxyl groups excluding tert-OH is 1. The Morgan fingerprint density at radius 2 is 2.24 bits per heavy atom. The number of hydrogen-bond acceptors (Lipinski definition) is 4. The summed E-state index contributed by atoms with van der Waals surface area (Å²) in [5.41, 5.74) is 0.904. The minimum Gasteiger partial charge on any atom is -0.481 e. The van der Waals surface area contributed by atoms with Gasteiger partial charge in [-0.25, -0.2) is 4.98 Å². The van der Waals surface area contributed by atoms with Gasteiger partial charge in [-0.3, -0.25) is 0 Å². The summed E-state index contributed by atoms with van der Waals surface area (Å²) in [5, 5.41) is 12.5. The van der Waals surface area contributed by atoms with Crippen LogP contribution in [-0.4, -0.2) is 29.3 Å². The Labute approximate surface area is 103 Å². The van der Waals surface area contributed by atoms with Gasteiger partial charge in [-0.05, 0) is 25.8 Å². The number of ether oxygens (including phenoxy) is 1. The second-order valence-corrected chi connectivity index (χ2v) is 4.41. The van der Waals surface area contributed by atoms with Gasteiger partial charge in [-0.15, -0.1) is 0 Å². The largest absolute Gasteiger partial charge is 0.481 e. The first kappa shape index (κ1) is 13.9. The average Bonchev–Trinajstić information content (AvgIpc) is 2.37. The SMILES string of the molecule is CCC(C)(CCO)NCc1cccc(OC)n1. The lowest BCUT2D eigenvalue weighted by Crippen LogP contribution is -2.42. The molecule has 2 N–H and O–H groups in total. The molecule has 1 aromatic heterocycles. The molecule has 1 rings (SSSR count). The fourth-order valence-corrected chi connectivity index (χ4v) is 1.61. The Morgan fingerprint density at radius 3 is 2.82 bits per heavy atom. The van der Waals surface area contributed by atoms with Crippen LogP contribution in [0.25, 0.3) is 0 Å². The molecule has 0 fully saturated rings. The van der Waals surface area contributed by atoms with Crippen molar-refractivity contribution in [3.8, 4) is 5.88 Å². The van der Waals surface area contributed by atoms with Gasteiger partial charge in [0.2, 0.25) is 5.88 Å². The number of nitrogens with one attached hydrogen (secondary N) is 1. The molecular weight excluding hydrogens is 216 g/mol. The van der Waals surface area contributed by atoms with Crippen LogP contribution in [0.15, 0.2) is 18.2 Å². The zero-order chi connectivity index (χ0) is 12.7. The monoisotopic (exact) mass is 238 g/mol. The Bertz CT molecular complexity index is 344. The molecule has 4 heteroatoms. The van der Waals surface area contributed by atoms with E-state index in [2.05, 4.69) is 24.1 Å². The Balaban J connectivity index is 2.59. The Hall–Kier alpha value is -1.13. The summed E-state index contributed by atoms with van der Waals surface area (Å²) in [5.74, 6) is 0.629. The smallest absolute Gasteiger partial charge is 0.213 e. The van der Waals surface area contributed by atoms with Gasteiger partial charge in [-0.1, -0.05) is 13.0 Å². The number of hydrogen-bond donors (Lipinski definition) is 2. The fraction of sp³-hybridized carbons (Fsp3) is 0.615. The van der Waals surface area contributed by atoms with E-state index in [0.717, 1.165) is 18.5 Å². The van der Waals surface area contributed by atoms with E-state index >= 15 is 0 Å². The highest BCUT2D eigenvalue weighted by molar-refractivity contribution is 5.15. The molecule has 0 bridgehead atoms. The summed E-state index contributed by atoms with van der Waals surface area (Å²) >= 11 is 0. The fourth-order valence-electron chi connectivity index (χ4n) is 1.61. The van der Waals surface area contributed by atoms with Gasteiger partial charge in [0.05, 0.1) is 12.8 Å². The molecule has 0 aliphatic carbocycles. The zero-order valence-corrected chi connectivity index (χ0v) is 10.9. The summed E-state index contributed by atoms with van der Waals surface area (Å²) in [6.07, 6.45) is 1.71. The van der Waals surface area contributed by atoms with Crippen molar-refractivity contribution >= 4 is 0 Å². The standard InChI is InChI=1S/C13H22N2O2/c1-4-13(2,8-9-16)14-10-11-6-5-7-12(15-11)17-3/h5-7,14,16H,4,8-10H2,1-3H3. The lowest BCUT2D eigenvalue weighted by atomic mass is 9.95. The van der Waals surface area contributed by atoms with Gasteiger partial charge in [0.25, 0.3) is 0 Å². The number of aliphatic hydroxyl groups is 1. The predicted molar refractivity (Wildman–Crippen MR) is 68.0 cm³/mol. The maximum Gasteiger partial charge on any atom is 0.213 e. The van der Waals surface area contributed by atoms with Crippen LogP contribution in [0, 0.1) is 0 Å². The van der Waals surface area contributed by atoms with Gasteiger partial charge in [0.15, 0.2) is 0 Å². The van der Waals surface area contributed by atoms with Crippen LogP contribution in [0.1, 0.15) is 32.4 Å². The van der Waals surface area contributed by atoms with Crippen molar-refractivity contribution in [2.45, 2.75) is 38.8 Å². The predicted octanol–water partition coefficient (Wildman–Crippen LogP) is 1.73. The van der Waals surface area contributed by atoms with E-state index in [0.29, 0.717) is 12.4 Å². The van der Waals surface area contributed by atoms with Crippen LogP contribution < -0.4 is 10.1 Å². The van der Waals surface area contributed by atoms with E-state index in [-0.39, 0.29) is 12.1 Å². The van der Waals surface area contributed by atoms with Crippen molar-refractivity contribution in [2.75, 3.05) is 13.7 Å². The van der Waals surface area contributed by atoms with Crippen LogP contribution in [0.4, 0.5) is 0 Å². The minimum atomic E-state index is -0.0422. The van der Waals surface area contributed by atoms with Gasteiger partial charge in [0.1, 0.15) is 0 Å². The third kappa shape index (κ3) is 4.32. The summed E-state index contributed by atoms with van der Waals surface area (Å²) in [7, 11) is 1.61. The maximum absolute atomic E-state index is 9.04. The van der Waals surface area contributed by atoms with Gasteiger partial charge < -0.3 is 15.2 Å². The van der Waals surface area contributed by atoms with E-state index in [1.807, 2.05) is 18.2 Å². The lowest BCUT2D eigenvalue weighted by Gasteiger charge is -2.29. The number of methoxy groups -OCH3 is 1. The molecule has 96 valence electrons. The van der Waals surface area contributed by atoms with E-state index in [1.165, 1.54) is 0 Å². The number of aromatic nitrogens is 1. The lowest BCUT2D eigenvalue weighted by molar-refractivity contribution is 0.214. The number of pyridine rings is 1. The summed E-state index contributed by atoms with van der Waals surface area (Å²) in [4.78, 5) is 4.34. The Kier molecular flexibility index (Phi) is 5.38. The topological polar surface area (TPSA) is 54.4 Å². The molecule has 17 heavy (non-hydrogen) atoms. The molecule has 0 spiro atoms. The molecule has 1 atom stereocenters. The van der Waals surface area contributed by atoms with Crippen LogP contribution in [0.2, 0.25) is 0 Å². The summed E-state index contributed by atoms with van der Waals surface area (Å²) < 4.78 is 5.08. The van der Waals surface area contributed by atoms with Crippen molar-refractivity contribution in [3.63, 3.8) is 0 Å². The van der Waals surface area contributed by atoms with Crippen LogP contribution in [0.3, 0.4) is 0 Å². The van der Waals surface area contributed by atoms with E-state index in [1.54, 1.807) is 7.11 Å². The summed E-state index contributed by atoms with van der Waals surface area (Å²) in [6.45, 7) is 5.11. The van der Waals surface area contributed by atoms with Crippen molar-refractivity contribution in [2.24, 2.45) is 0 Å². The van der Waals surface area contributed by atoms with E-state index in [9.17, 15) is 0 Å². The van der Waals surface area contributed by atoms with Gasteiger partial charge in [-0.2, -0.15) is 0 Å². The van der Waals surface area contributed by atoms with Crippen molar-refractivity contribution in [1.29, 1.82) is 0 Å². The quantitative estimate of drug-likeness (QED) is 0.759. The number of rotatable bonds is 7.